The Balaban J connectivity index is 1.46. The minimum absolute atomic E-state index is 0.0302. The number of para-hydroxylation sites is 1. The molecule has 1 aliphatic rings. The van der Waals surface area contributed by atoms with Gasteiger partial charge in [-0.05, 0) is 30.7 Å². The molecular weight excluding hydrogens is 432 g/mol. The minimum atomic E-state index is -0.290. The number of fused-ring (bicyclic) bond motifs is 1. The molecule has 1 aromatic heterocycles. The van der Waals surface area contributed by atoms with Gasteiger partial charge in [0.25, 0.3) is 0 Å². The number of benzene rings is 2. The zero-order valence-electron chi connectivity index (χ0n) is 17.4. The topological polar surface area (TPSA) is 67.3 Å². The fraction of sp³-hybridized carbons (Fsp3) is 0.348. The second-order valence-electron chi connectivity index (χ2n) is 7.46. The van der Waals surface area contributed by atoms with Crippen LogP contribution in [-0.4, -0.2) is 52.3 Å². The standard InChI is InChI=1S/C23H25ClN4O2S/c1-16(22(29)25-14-17-6-8-18(24)9-7-17)31-23-19-4-2-3-5-20(19)26-21(27-23)15-28-10-12-30-13-11-28/h2-9,16H,10-15H2,1H3,(H,25,29). The van der Waals surface area contributed by atoms with Crippen molar-refractivity contribution < 1.29 is 9.53 Å². The fourth-order valence-electron chi connectivity index (χ4n) is 3.37. The number of hydrogen-bond acceptors (Lipinski definition) is 6. The Morgan fingerprint density at radius 2 is 1.90 bits per heavy atom. The number of ether oxygens (including phenoxy) is 1. The molecule has 2 heterocycles. The molecule has 0 aliphatic carbocycles. The third-order valence-electron chi connectivity index (χ3n) is 5.12. The van der Waals surface area contributed by atoms with Crippen molar-refractivity contribution in [2.45, 2.75) is 30.3 Å². The zero-order valence-corrected chi connectivity index (χ0v) is 19.0. The van der Waals surface area contributed by atoms with Gasteiger partial charge in [-0.1, -0.05) is 53.7 Å². The molecule has 1 aliphatic heterocycles. The first-order valence-electron chi connectivity index (χ1n) is 10.3. The van der Waals surface area contributed by atoms with Crippen molar-refractivity contribution in [2.24, 2.45) is 0 Å². The van der Waals surface area contributed by atoms with E-state index in [4.69, 9.17) is 26.3 Å². The van der Waals surface area contributed by atoms with E-state index in [9.17, 15) is 4.79 Å². The highest BCUT2D eigenvalue weighted by Crippen LogP contribution is 2.29. The number of nitrogens with zero attached hydrogens (tertiary/aromatic N) is 3. The van der Waals surface area contributed by atoms with Gasteiger partial charge in [0.05, 0.1) is 30.5 Å². The number of carbonyl (C=O) groups excluding carboxylic acids is 1. The lowest BCUT2D eigenvalue weighted by molar-refractivity contribution is -0.120. The van der Waals surface area contributed by atoms with E-state index in [1.54, 1.807) is 0 Å². The number of carbonyl (C=O) groups is 1. The minimum Gasteiger partial charge on any atom is -0.379 e. The summed E-state index contributed by atoms with van der Waals surface area (Å²) in [5, 5.41) is 5.20. The largest absolute Gasteiger partial charge is 0.379 e. The van der Waals surface area contributed by atoms with Crippen LogP contribution in [0.15, 0.2) is 53.6 Å². The van der Waals surface area contributed by atoms with Gasteiger partial charge in [0.2, 0.25) is 5.91 Å². The maximum absolute atomic E-state index is 12.7. The molecule has 1 atom stereocenters. The second kappa shape index (κ2) is 10.4. The SMILES string of the molecule is CC(Sc1nc(CN2CCOCC2)nc2ccccc12)C(=O)NCc1ccc(Cl)cc1. The predicted octanol–water partition coefficient (Wildman–Crippen LogP) is 3.91. The molecule has 31 heavy (non-hydrogen) atoms. The Hall–Kier alpha value is -2.19. The summed E-state index contributed by atoms with van der Waals surface area (Å²) >= 11 is 7.39. The summed E-state index contributed by atoms with van der Waals surface area (Å²) in [5.41, 5.74) is 1.91. The second-order valence-corrected chi connectivity index (χ2v) is 9.22. The number of rotatable bonds is 7. The molecule has 0 saturated carbocycles. The van der Waals surface area contributed by atoms with E-state index < -0.39 is 0 Å². The summed E-state index contributed by atoms with van der Waals surface area (Å²) in [5.74, 6) is 0.745. The maximum Gasteiger partial charge on any atom is 0.233 e. The third-order valence-corrected chi connectivity index (χ3v) is 6.48. The fourth-order valence-corrected chi connectivity index (χ4v) is 4.48. The van der Waals surface area contributed by atoms with Gasteiger partial charge in [-0.15, -0.1) is 0 Å². The molecule has 0 bridgehead atoms. The van der Waals surface area contributed by atoms with Crippen molar-refractivity contribution >= 4 is 40.2 Å². The summed E-state index contributed by atoms with van der Waals surface area (Å²) in [4.78, 5) is 24.6. The molecule has 2 aromatic carbocycles. The highest BCUT2D eigenvalue weighted by atomic mass is 35.5. The van der Waals surface area contributed by atoms with Gasteiger partial charge in [-0.25, -0.2) is 9.97 Å². The molecule has 1 amide bonds. The van der Waals surface area contributed by atoms with Crippen LogP contribution < -0.4 is 5.32 Å². The van der Waals surface area contributed by atoms with Crippen molar-refractivity contribution in [1.82, 2.24) is 20.2 Å². The number of nitrogens with one attached hydrogen (secondary N) is 1. The first kappa shape index (κ1) is 22.0. The van der Waals surface area contributed by atoms with Crippen LogP contribution in [0.1, 0.15) is 18.3 Å². The third kappa shape index (κ3) is 5.95. The number of hydrogen-bond donors (Lipinski definition) is 1. The van der Waals surface area contributed by atoms with E-state index in [0.29, 0.717) is 18.1 Å². The monoisotopic (exact) mass is 456 g/mol. The van der Waals surface area contributed by atoms with Gasteiger partial charge in [0.15, 0.2) is 0 Å². The average Bonchev–Trinajstić information content (AvgIpc) is 2.79. The molecule has 3 aromatic rings. The van der Waals surface area contributed by atoms with Crippen LogP contribution in [0, 0.1) is 0 Å². The molecule has 1 fully saturated rings. The van der Waals surface area contributed by atoms with Crippen LogP contribution in [0.5, 0.6) is 0 Å². The highest BCUT2D eigenvalue weighted by molar-refractivity contribution is 8.00. The van der Waals surface area contributed by atoms with Crippen LogP contribution in [0.4, 0.5) is 0 Å². The van der Waals surface area contributed by atoms with E-state index in [-0.39, 0.29) is 11.2 Å². The van der Waals surface area contributed by atoms with E-state index in [0.717, 1.165) is 53.6 Å². The average molecular weight is 457 g/mol. The van der Waals surface area contributed by atoms with Crippen LogP contribution in [0.3, 0.4) is 0 Å². The molecule has 8 heteroatoms. The number of morpholine rings is 1. The number of halogens is 1. The quantitative estimate of drug-likeness (QED) is 0.429. The lowest BCUT2D eigenvalue weighted by Crippen LogP contribution is -2.36. The summed E-state index contributed by atoms with van der Waals surface area (Å²) in [6.07, 6.45) is 0. The maximum atomic E-state index is 12.7. The van der Waals surface area contributed by atoms with Gasteiger partial charge < -0.3 is 10.1 Å². The predicted molar refractivity (Wildman–Crippen MR) is 124 cm³/mol. The number of thioether (sulfide) groups is 1. The lowest BCUT2D eigenvalue weighted by atomic mass is 10.2. The van der Waals surface area contributed by atoms with Crippen molar-refractivity contribution in [2.75, 3.05) is 26.3 Å². The van der Waals surface area contributed by atoms with Gasteiger partial charge >= 0.3 is 0 Å². The van der Waals surface area contributed by atoms with Crippen LogP contribution in [0.25, 0.3) is 10.9 Å². The lowest BCUT2D eigenvalue weighted by Gasteiger charge is -2.26. The number of aromatic nitrogens is 2. The molecule has 6 nitrogen and oxygen atoms in total. The molecular formula is C23H25ClN4O2S. The molecule has 1 saturated heterocycles. The van der Waals surface area contributed by atoms with Gasteiger partial charge in [-0.2, -0.15) is 0 Å². The van der Waals surface area contributed by atoms with Crippen molar-refractivity contribution in [3.8, 4) is 0 Å². The molecule has 0 radical (unpaired) electrons. The Kier molecular flexibility index (Phi) is 7.40. The molecule has 0 spiro atoms. The highest BCUT2D eigenvalue weighted by Gasteiger charge is 2.19. The van der Waals surface area contributed by atoms with Gasteiger partial charge in [0.1, 0.15) is 10.9 Å². The first-order valence-corrected chi connectivity index (χ1v) is 11.6. The van der Waals surface area contributed by atoms with E-state index in [1.165, 1.54) is 11.8 Å². The van der Waals surface area contributed by atoms with Gasteiger partial charge in [-0.3, -0.25) is 9.69 Å². The van der Waals surface area contributed by atoms with Crippen molar-refractivity contribution in [1.29, 1.82) is 0 Å². The van der Waals surface area contributed by atoms with E-state index in [2.05, 4.69) is 10.2 Å². The Labute approximate surface area is 191 Å². The van der Waals surface area contributed by atoms with Crippen molar-refractivity contribution in [3.63, 3.8) is 0 Å². The van der Waals surface area contributed by atoms with E-state index in [1.807, 2.05) is 55.5 Å². The summed E-state index contributed by atoms with van der Waals surface area (Å²) < 4.78 is 5.43. The van der Waals surface area contributed by atoms with Gasteiger partial charge in [0, 0.05) is 30.0 Å². The Bertz CT molecular complexity index is 1040. The van der Waals surface area contributed by atoms with E-state index >= 15 is 0 Å². The molecule has 1 N–H and O–H groups in total. The number of amides is 1. The van der Waals surface area contributed by atoms with Crippen LogP contribution in [-0.2, 0) is 22.6 Å². The summed E-state index contributed by atoms with van der Waals surface area (Å²) in [6, 6.07) is 15.4. The first-order chi connectivity index (χ1) is 15.1. The Morgan fingerprint density at radius 1 is 1.16 bits per heavy atom. The van der Waals surface area contributed by atoms with Crippen LogP contribution >= 0.6 is 23.4 Å². The zero-order chi connectivity index (χ0) is 21.6. The summed E-state index contributed by atoms with van der Waals surface area (Å²) in [7, 11) is 0. The molecule has 162 valence electrons. The smallest absolute Gasteiger partial charge is 0.233 e. The van der Waals surface area contributed by atoms with Crippen molar-refractivity contribution in [3.05, 3.63) is 64.9 Å². The molecule has 4 rings (SSSR count). The van der Waals surface area contributed by atoms with Crippen LogP contribution in [0.2, 0.25) is 5.02 Å². The summed E-state index contributed by atoms with van der Waals surface area (Å²) in [6.45, 7) is 6.28. The Morgan fingerprint density at radius 3 is 2.68 bits per heavy atom. The molecule has 1 unspecified atom stereocenters. The normalized spacial score (nSPS) is 15.7.